The number of hydrogen-bond acceptors (Lipinski definition) is 4. The van der Waals surface area contributed by atoms with E-state index < -0.39 is 16.2 Å². The highest BCUT2D eigenvalue weighted by atomic mass is 32.2. The van der Waals surface area contributed by atoms with Gasteiger partial charge in [-0.05, 0) is 24.5 Å². The molecule has 1 aliphatic rings. The molecule has 2 rings (SSSR count). The normalized spacial score (nSPS) is 14.9. The molecule has 116 valence electrons. The molecule has 0 fully saturated rings. The third-order valence-corrected chi connectivity index (χ3v) is 5.51. The molecule has 1 aromatic rings. The Hall–Kier alpha value is -1.60. The zero-order valence-electron chi connectivity index (χ0n) is 12.3. The van der Waals surface area contributed by atoms with Crippen LogP contribution < -0.4 is 4.31 Å². The minimum Gasteiger partial charge on any atom is -0.469 e. The Balaban J connectivity index is 2.18. The first kappa shape index (κ1) is 15.8. The van der Waals surface area contributed by atoms with E-state index in [1.165, 1.54) is 22.8 Å². The average molecular weight is 312 g/mol. The lowest BCUT2D eigenvalue weighted by Crippen LogP contribution is -2.45. The summed E-state index contributed by atoms with van der Waals surface area (Å²) < 4.78 is 32.5. The van der Waals surface area contributed by atoms with Crippen LogP contribution in [0.1, 0.15) is 18.4 Å². The van der Waals surface area contributed by atoms with Gasteiger partial charge in [0.15, 0.2) is 0 Å². The summed E-state index contributed by atoms with van der Waals surface area (Å²) in [5.41, 5.74) is 1.77. The Morgan fingerprint density at radius 3 is 2.81 bits per heavy atom. The molecule has 0 spiro atoms. The Bertz CT molecular complexity index is 615. The van der Waals surface area contributed by atoms with Crippen LogP contribution in [0, 0.1) is 0 Å². The highest BCUT2D eigenvalue weighted by Gasteiger charge is 2.30. The first-order valence-electron chi connectivity index (χ1n) is 6.85. The van der Waals surface area contributed by atoms with Gasteiger partial charge >= 0.3 is 16.2 Å². The monoisotopic (exact) mass is 312 g/mol. The molecule has 0 saturated heterocycles. The maximum Gasteiger partial charge on any atom is 0.306 e. The van der Waals surface area contributed by atoms with Gasteiger partial charge in [0.05, 0.1) is 19.2 Å². The second-order valence-corrected chi connectivity index (χ2v) is 6.92. The van der Waals surface area contributed by atoms with Crippen molar-refractivity contribution < 1.29 is 17.9 Å². The van der Waals surface area contributed by atoms with Crippen LogP contribution in [0.15, 0.2) is 24.3 Å². The minimum absolute atomic E-state index is 0.0434. The van der Waals surface area contributed by atoms with E-state index in [2.05, 4.69) is 4.74 Å². The number of rotatable bonds is 5. The van der Waals surface area contributed by atoms with E-state index in [1.807, 2.05) is 24.3 Å². The molecule has 1 aromatic carbocycles. The van der Waals surface area contributed by atoms with Crippen molar-refractivity contribution in [3.05, 3.63) is 29.8 Å². The van der Waals surface area contributed by atoms with Crippen molar-refractivity contribution in [2.24, 2.45) is 0 Å². The summed E-state index contributed by atoms with van der Waals surface area (Å²) in [5.74, 6) is -0.420. The van der Waals surface area contributed by atoms with Gasteiger partial charge < -0.3 is 4.74 Å². The van der Waals surface area contributed by atoms with Crippen molar-refractivity contribution in [3.63, 3.8) is 0 Å². The van der Waals surface area contributed by atoms with Gasteiger partial charge in [-0.25, -0.2) is 0 Å². The highest BCUT2D eigenvalue weighted by molar-refractivity contribution is 7.90. The number of anilines is 1. The molecule has 21 heavy (non-hydrogen) atoms. The summed E-state index contributed by atoms with van der Waals surface area (Å²) in [6.07, 6.45) is 1.72. The van der Waals surface area contributed by atoms with Gasteiger partial charge in [0.25, 0.3) is 0 Å². The molecule has 1 heterocycles. The molecular weight excluding hydrogens is 292 g/mol. The zero-order valence-corrected chi connectivity index (χ0v) is 13.1. The van der Waals surface area contributed by atoms with Crippen molar-refractivity contribution in [3.8, 4) is 0 Å². The van der Waals surface area contributed by atoms with Crippen LogP contribution in [0.25, 0.3) is 0 Å². The van der Waals surface area contributed by atoms with E-state index in [4.69, 9.17) is 0 Å². The number of benzene rings is 1. The molecule has 0 atom stereocenters. The largest absolute Gasteiger partial charge is 0.469 e. The summed E-state index contributed by atoms with van der Waals surface area (Å²) >= 11 is 0. The van der Waals surface area contributed by atoms with Crippen LogP contribution in [0.5, 0.6) is 0 Å². The number of nitrogens with zero attached hydrogens (tertiary/aromatic N) is 2. The van der Waals surface area contributed by atoms with E-state index in [9.17, 15) is 13.2 Å². The Labute approximate surface area is 125 Å². The lowest BCUT2D eigenvalue weighted by Gasteiger charge is -2.33. The number of fused-ring (bicyclic) bond motifs is 1. The standard InChI is InChI=1S/C14H20N2O4S/c1-15(11-9-14(17)20-2)21(18,19)16-10-5-7-12-6-3-4-8-13(12)16/h3-4,6,8H,5,7,9-11H2,1-2H3. The molecule has 0 N–H and O–H groups in total. The van der Waals surface area contributed by atoms with Gasteiger partial charge in [-0.2, -0.15) is 12.7 Å². The Kier molecular flexibility index (Phi) is 4.84. The van der Waals surface area contributed by atoms with Crippen LogP contribution in [0.4, 0.5) is 5.69 Å². The lowest BCUT2D eigenvalue weighted by atomic mass is 10.0. The number of esters is 1. The SMILES string of the molecule is COC(=O)CCN(C)S(=O)(=O)N1CCCc2ccccc21. The van der Waals surface area contributed by atoms with Crippen molar-refractivity contribution in [1.82, 2.24) is 4.31 Å². The summed E-state index contributed by atoms with van der Waals surface area (Å²) in [7, 11) is -0.849. The molecule has 0 aromatic heterocycles. The fourth-order valence-corrected chi connectivity index (χ4v) is 3.82. The van der Waals surface area contributed by atoms with Gasteiger partial charge in [0.1, 0.15) is 0 Å². The van der Waals surface area contributed by atoms with Gasteiger partial charge in [0, 0.05) is 20.1 Å². The molecule has 0 amide bonds. The van der Waals surface area contributed by atoms with Crippen molar-refractivity contribution in [2.45, 2.75) is 19.3 Å². The molecule has 0 aliphatic carbocycles. The predicted octanol–water partition coefficient (Wildman–Crippen LogP) is 1.18. The quantitative estimate of drug-likeness (QED) is 0.766. The fraction of sp³-hybridized carbons (Fsp3) is 0.500. The second-order valence-electron chi connectivity index (χ2n) is 4.96. The lowest BCUT2D eigenvalue weighted by molar-refractivity contribution is -0.140. The summed E-state index contributed by atoms with van der Waals surface area (Å²) in [6, 6.07) is 7.52. The van der Waals surface area contributed by atoms with Crippen molar-refractivity contribution in [2.75, 3.05) is 31.6 Å². The molecule has 0 radical (unpaired) electrons. The topological polar surface area (TPSA) is 66.9 Å². The Morgan fingerprint density at radius 1 is 1.38 bits per heavy atom. The number of aryl methyl sites for hydroxylation is 1. The number of hydrogen-bond donors (Lipinski definition) is 0. The highest BCUT2D eigenvalue weighted by Crippen LogP contribution is 2.29. The van der Waals surface area contributed by atoms with Crippen LogP contribution >= 0.6 is 0 Å². The Morgan fingerprint density at radius 2 is 2.10 bits per heavy atom. The van der Waals surface area contributed by atoms with E-state index >= 15 is 0 Å². The van der Waals surface area contributed by atoms with Gasteiger partial charge in [-0.3, -0.25) is 9.10 Å². The third kappa shape index (κ3) is 3.36. The van der Waals surface area contributed by atoms with Gasteiger partial charge in [-0.1, -0.05) is 18.2 Å². The van der Waals surface area contributed by atoms with Crippen molar-refractivity contribution in [1.29, 1.82) is 0 Å². The maximum atomic E-state index is 12.6. The van der Waals surface area contributed by atoms with E-state index in [0.717, 1.165) is 24.1 Å². The average Bonchev–Trinajstić information content (AvgIpc) is 2.51. The third-order valence-electron chi connectivity index (χ3n) is 3.60. The molecule has 0 saturated carbocycles. The van der Waals surface area contributed by atoms with Crippen LogP contribution in [0.2, 0.25) is 0 Å². The van der Waals surface area contributed by atoms with E-state index in [-0.39, 0.29) is 13.0 Å². The van der Waals surface area contributed by atoms with Crippen LogP contribution in [-0.4, -0.2) is 45.9 Å². The van der Waals surface area contributed by atoms with E-state index in [0.29, 0.717) is 6.54 Å². The van der Waals surface area contributed by atoms with Crippen LogP contribution in [-0.2, 0) is 26.2 Å². The van der Waals surface area contributed by atoms with Gasteiger partial charge in [-0.15, -0.1) is 0 Å². The summed E-state index contributed by atoms with van der Waals surface area (Å²) in [4.78, 5) is 11.2. The number of ether oxygens (including phenoxy) is 1. The molecule has 1 aliphatic heterocycles. The number of carbonyl (C=O) groups excluding carboxylic acids is 1. The molecule has 0 unspecified atom stereocenters. The van der Waals surface area contributed by atoms with Gasteiger partial charge in [0.2, 0.25) is 0 Å². The summed E-state index contributed by atoms with van der Waals surface area (Å²) in [6.45, 7) is 0.565. The molecule has 6 nitrogen and oxygen atoms in total. The minimum atomic E-state index is -3.62. The van der Waals surface area contributed by atoms with Crippen LogP contribution in [0.3, 0.4) is 0 Å². The molecule has 0 bridgehead atoms. The first-order valence-corrected chi connectivity index (χ1v) is 8.25. The van der Waals surface area contributed by atoms with Crippen molar-refractivity contribution >= 4 is 21.9 Å². The summed E-state index contributed by atoms with van der Waals surface area (Å²) in [5, 5.41) is 0. The number of methoxy groups -OCH3 is 1. The fourth-order valence-electron chi connectivity index (χ4n) is 2.37. The number of carbonyl (C=O) groups is 1. The molecule has 7 heteroatoms. The van der Waals surface area contributed by atoms with E-state index in [1.54, 1.807) is 0 Å². The number of para-hydroxylation sites is 1. The second kappa shape index (κ2) is 6.44. The first-order chi connectivity index (χ1) is 9.96. The smallest absolute Gasteiger partial charge is 0.306 e. The predicted molar refractivity (Wildman–Crippen MR) is 80.3 cm³/mol. The maximum absolute atomic E-state index is 12.6. The molecular formula is C14H20N2O4S. The zero-order chi connectivity index (χ0) is 15.5.